The fourth-order valence-electron chi connectivity index (χ4n) is 2.91. The van der Waals surface area contributed by atoms with E-state index in [4.69, 9.17) is 0 Å². The second-order valence-electron chi connectivity index (χ2n) is 6.58. The third-order valence-electron chi connectivity index (χ3n) is 4.36. The van der Waals surface area contributed by atoms with Crippen LogP contribution in [0.2, 0.25) is 0 Å². The minimum absolute atomic E-state index is 0.134. The van der Waals surface area contributed by atoms with Gasteiger partial charge in [-0.1, -0.05) is 48.9 Å². The zero-order valence-electron chi connectivity index (χ0n) is 15.9. The molecule has 0 fully saturated rings. The normalized spacial score (nSPS) is 13.7. The van der Waals surface area contributed by atoms with Gasteiger partial charge in [-0.2, -0.15) is 0 Å². The number of sulfonamides is 1. The standard InChI is InChI=1S/C20H25FN2O3S/c1-5-18(20(24)22-15(3)16-12-10-14(2)11-13-16)23(27(4,25)26)19-9-7-6-8-17(19)21/h6-13,15,18H,5H2,1-4H3,(H,22,24)/t15-,18-/m0/s1. The summed E-state index contributed by atoms with van der Waals surface area (Å²) in [6, 6.07) is 11.9. The van der Waals surface area contributed by atoms with E-state index in [1.165, 1.54) is 24.3 Å². The number of amides is 1. The largest absolute Gasteiger partial charge is 0.348 e. The highest BCUT2D eigenvalue weighted by molar-refractivity contribution is 7.92. The van der Waals surface area contributed by atoms with Gasteiger partial charge in [-0.25, -0.2) is 12.8 Å². The summed E-state index contributed by atoms with van der Waals surface area (Å²) in [5.74, 6) is -1.17. The van der Waals surface area contributed by atoms with E-state index >= 15 is 0 Å². The Kier molecular flexibility index (Phi) is 6.59. The van der Waals surface area contributed by atoms with Crippen LogP contribution in [0.4, 0.5) is 10.1 Å². The summed E-state index contributed by atoms with van der Waals surface area (Å²) in [6.45, 7) is 5.49. The summed E-state index contributed by atoms with van der Waals surface area (Å²) < 4.78 is 39.8. The van der Waals surface area contributed by atoms with Crippen LogP contribution in [0.1, 0.15) is 37.4 Å². The van der Waals surface area contributed by atoms with E-state index in [0.29, 0.717) is 0 Å². The molecule has 0 aliphatic rings. The molecule has 27 heavy (non-hydrogen) atoms. The maximum absolute atomic E-state index is 14.3. The molecule has 2 atom stereocenters. The predicted molar refractivity (Wildman–Crippen MR) is 106 cm³/mol. The Bertz CT molecular complexity index is 898. The first-order valence-electron chi connectivity index (χ1n) is 8.76. The molecule has 2 aromatic carbocycles. The van der Waals surface area contributed by atoms with E-state index in [0.717, 1.165) is 21.7 Å². The van der Waals surface area contributed by atoms with Crippen LogP contribution in [-0.4, -0.2) is 26.6 Å². The van der Waals surface area contributed by atoms with Crippen molar-refractivity contribution in [3.63, 3.8) is 0 Å². The minimum Gasteiger partial charge on any atom is -0.348 e. The zero-order chi connectivity index (χ0) is 20.2. The van der Waals surface area contributed by atoms with E-state index in [9.17, 15) is 17.6 Å². The van der Waals surface area contributed by atoms with Crippen molar-refractivity contribution < 1.29 is 17.6 Å². The average Bonchev–Trinajstić information content (AvgIpc) is 2.59. The van der Waals surface area contributed by atoms with Crippen molar-refractivity contribution in [2.75, 3.05) is 10.6 Å². The number of carbonyl (C=O) groups excluding carboxylic acids is 1. The number of anilines is 1. The maximum Gasteiger partial charge on any atom is 0.244 e. The molecule has 2 rings (SSSR count). The number of carbonyl (C=O) groups is 1. The van der Waals surface area contributed by atoms with E-state index in [2.05, 4.69) is 5.32 Å². The van der Waals surface area contributed by atoms with Crippen LogP contribution in [0.3, 0.4) is 0 Å². The molecule has 0 radical (unpaired) electrons. The third kappa shape index (κ3) is 5.07. The van der Waals surface area contributed by atoms with Crippen LogP contribution < -0.4 is 9.62 Å². The number of nitrogens with zero attached hydrogens (tertiary/aromatic N) is 1. The molecule has 2 aromatic rings. The highest BCUT2D eigenvalue weighted by Gasteiger charge is 2.33. The van der Waals surface area contributed by atoms with Crippen molar-refractivity contribution in [1.82, 2.24) is 5.32 Å². The number of nitrogens with one attached hydrogen (secondary N) is 1. The van der Waals surface area contributed by atoms with Gasteiger partial charge in [-0.05, 0) is 38.0 Å². The van der Waals surface area contributed by atoms with Gasteiger partial charge in [0, 0.05) is 0 Å². The van der Waals surface area contributed by atoms with E-state index in [-0.39, 0.29) is 18.2 Å². The number of halogens is 1. The van der Waals surface area contributed by atoms with Crippen LogP contribution >= 0.6 is 0 Å². The minimum atomic E-state index is -3.87. The molecule has 0 aliphatic heterocycles. The molecular weight excluding hydrogens is 367 g/mol. The van der Waals surface area contributed by atoms with Crippen molar-refractivity contribution in [2.24, 2.45) is 0 Å². The molecule has 0 saturated heterocycles. The highest BCUT2D eigenvalue weighted by atomic mass is 32.2. The first-order valence-corrected chi connectivity index (χ1v) is 10.6. The Morgan fingerprint density at radius 3 is 2.26 bits per heavy atom. The second kappa shape index (κ2) is 8.52. The number of hydrogen-bond donors (Lipinski definition) is 1. The fraction of sp³-hybridized carbons (Fsp3) is 0.350. The van der Waals surface area contributed by atoms with E-state index in [1.54, 1.807) is 6.92 Å². The van der Waals surface area contributed by atoms with Crippen molar-refractivity contribution in [3.05, 3.63) is 65.5 Å². The lowest BCUT2D eigenvalue weighted by molar-refractivity contribution is -0.122. The Balaban J connectivity index is 2.32. The van der Waals surface area contributed by atoms with Crippen molar-refractivity contribution in [2.45, 2.75) is 39.3 Å². The molecule has 0 aliphatic carbocycles. The number of benzene rings is 2. The lowest BCUT2D eigenvalue weighted by Gasteiger charge is -2.31. The molecular formula is C20H25FN2O3S. The molecule has 0 saturated carbocycles. The summed E-state index contributed by atoms with van der Waals surface area (Å²) in [4.78, 5) is 12.9. The summed E-state index contributed by atoms with van der Waals surface area (Å²) in [7, 11) is -3.87. The van der Waals surface area contributed by atoms with Crippen LogP contribution in [0.5, 0.6) is 0 Å². The monoisotopic (exact) mass is 392 g/mol. The third-order valence-corrected chi connectivity index (χ3v) is 5.52. The fourth-order valence-corrected chi connectivity index (χ4v) is 4.13. The van der Waals surface area contributed by atoms with Crippen molar-refractivity contribution in [3.8, 4) is 0 Å². The van der Waals surface area contributed by atoms with Gasteiger partial charge in [-0.15, -0.1) is 0 Å². The molecule has 7 heteroatoms. The first kappa shape index (κ1) is 20.9. The molecule has 146 valence electrons. The van der Waals surface area contributed by atoms with Gasteiger partial charge < -0.3 is 5.32 Å². The van der Waals surface area contributed by atoms with E-state index in [1.807, 2.05) is 38.1 Å². The van der Waals surface area contributed by atoms with Gasteiger partial charge >= 0.3 is 0 Å². The summed E-state index contributed by atoms with van der Waals surface area (Å²) in [5, 5.41) is 2.84. The topological polar surface area (TPSA) is 66.5 Å². The quantitative estimate of drug-likeness (QED) is 0.784. The molecule has 0 heterocycles. The second-order valence-corrected chi connectivity index (χ2v) is 8.43. The highest BCUT2D eigenvalue weighted by Crippen LogP contribution is 2.26. The summed E-state index contributed by atoms with van der Waals surface area (Å²) in [6.07, 6.45) is 1.17. The molecule has 0 aromatic heterocycles. The van der Waals surface area contributed by atoms with Gasteiger partial charge in [0.2, 0.25) is 15.9 Å². The smallest absolute Gasteiger partial charge is 0.244 e. The first-order chi connectivity index (χ1) is 12.6. The van der Waals surface area contributed by atoms with Gasteiger partial charge in [0.1, 0.15) is 11.9 Å². The van der Waals surface area contributed by atoms with Crippen LogP contribution in [-0.2, 0) is 14.8 Å². The van der Waals surface area contributed by atoms with Crippen LogP contribution in [0.15, 0.2) is 48.5 Å². The average molecular weight is 392 g/mol. The van der Waals surface area contributed by atoms with Gasteiger partial charge in [0.25, 0.3) is 0 Å². The Labute approximate surface area is 160 Å². The van der Waals surface area contributed by atoms with Crippen LogP contribution in [0.25, 0.3) is 0 Å². The maximum atomic E-state index is 14.3. The zero-order valence-corrected chi connectivity index (χ0v) is 16.8. The SMILES string of the molecule is CC[C@@H](C(=O)N[C@@H](C)c1ccc(C)cc1)N(c1ccccc1F)S(C)(=O)=O. The number of para-hydroxylation sites is 1. The number of rotatable bonds is 7. The lowest BCUT2D eigenvalue weighted by atomic mass is 10.1. The summed E-state index contributed by atoms with van der Waals surface area (Å²) in [5.41, 5.74) is 1.87. The molecule has 1 amide bonds. The number of hydrogen-bond acceptors (Lipinski definition) is 3. The molecule has 5 nitrogen and oxygen atoms in total. The molecule has 0 spiro atoms. The molecule has 1 N–H and O–H groups in total. The summed E-state index contributed by atoms with van der Waals surface area (Å²) >= 11 is 0. The molecule has 0 bridgehead atoms. The number of aryl methyl sites for hydroxylation is 1. The Hall–Kier alpha value is -2.41. The van der Waals surface area contributed by atoms with Gasteiger partial charge in [0.05, 0.1) is 18.0 Å². The molecule has 0 unspecified atom stereocenters. The van der Waals surface area contributed by atoms with Gasteiger partial charge in [-0.3, -0.25) is 9.10 Å². The van der Waals surface area contributed by atoms with Crippen molar-refractivity contribution >= 4 is 21.6 Å². The predicted octanol–water partition coefficient (Wildman–Crippen LogP) is 3.56. The van der Waals surface area contributed by atoms with Gasteiger partial charge in [0.15, 0.2) is 0 Å². The van der Waals surface area contributed by atoms with E-state index < -0.39 is 27.8 Å². The Morgan fingerprint density at radius 2 is 1.74 bits per heavy atom. The van der Waals surface area contributed by atoms with Crippen LogP contribution in [0, 0.1) is 12.7 Å². The lowest BCUT2D eigenvalue weighted by Crippen LogP contribution is -2.50. The van der Waals surface area contributed by atoms with Crippen molar-refractivity contribution in [1.29, 1.82) is 0 Å². The Morgan fingerprint density at radius 1 is 1.15 bits per heavy atom.